The molecule has 6 heteroatoms. The van der Waals surface area contributed by atoms with Crippen molar-refractivity contribution < 1.29 is 5.11 Å². The number of hydrogen-bond donors (Lipinski definition) is 1. The molecule has 0 atom stereocenters. The number of rotatable bonds is 4. The first-order valence-electron chi connectivity index (χ1n) is 10.00. The van der Waals surface area contributed by atoms with Crippen LogP contribution in [0.25, 0.3) is 21.9 Å². The molecule has 2 aliphatic rings. The Balaban J connectivity index is 1.43. The predicted octanol–water partition coefficient (Wildman–Crippen LogP) is 4.22. The Bertz CT molecular complexity index is 1000. The Hall–Kier alpha value is -2.24. The molecule has 28 heavy (non-hydrogen) atoms. The van der Waals surface area contributed by atoms with Gasteiger partial charge in [-0.25, -0.2) is 4.98 Å². The van der Waals surface area contributed by atoms with Gasteiger partial charge in [0.15, 0.2) is 0 Å². The fourth-order valence-electron chi connectivity index (χ4n) is 4.00. The first kappa shape index (κ1) is 17.8. The zero-order chi connectivity index (χ0) is 19.3. The molecule has 5 nitrogen and oxygen atoms in total. The number of piperazine rings is 1. The van der Waals surface area contributed by atoms with Gasteiger partial charge in [0.1, 0.15) is 5.82 Å². The highest BCUT2D eigenvalue weighted by molar-refractivity contribution is 6.36. The van der Waals surface area contributed by atoms with Crippen molar-refractivity contribution in [1.82, 2.24) is 14.5 Å². The third-order valence-electron chi connectivity index (χ3n) is 5.97. The van der Waals surface area contributed by atoms with E-state index < -0.39 is 0 Å². The number of likely N-dealkylation sites (N-methyl/N-ethyl adjacent to an activating group) is 1. The summed E-state index contributed by atoms with van der Waals surface area (Å²) in [6.07, 6.45) is 6.44. The van der Waals surface area contributed by atoms with Gasteiger partial charge in [-0.05, 0) is 55.6 Å². The largest absolute Gasteiger partial charge is 0.494 e. The molecular weight excluding hydrogens is 372 g/mol. The number of anilines is 1. The smallest absolute Gasteiger partial charge is 0.200 e. The molecule has 1 aromatic carbocycles. The molecule has 0 spiro atoms. The molecule has 1 aliphatic carbocycles. The van der Waals surface area contributed by atoms with E-state index in [0.717, 1.165) is 60.4 Å². The number of pyridine rings is 1. The maximum Gasteiger partial charge on any atom is 0.200 e. The van der Waals surface area contributed by atoms with Crippen molar-refractivity contribution in [2.75, 3.05) is 38.1 Å². The van der Waals surface area contributed by atoms with Crippen molar-refractivity contribution in [1.29, 1.82) is 0 Å². The van der Waals surface area contributed by atoms with Crippen LogP contribution < -0.4 is 4.90 Å². The third-order valence-corrected chi connectivity index (χ3v) is 6.27. The van der Waals surface area contributed by atoms with E-state index in [1.54, 1.807) is 0 Å². The van der Waals surface area contributed by atoms with Crippen LogP contribution in [0.15, 0.2) is 36.7 Å². The van der Waals surface area contributed by atoms with Crippen LogP contribution in [0.1, 0.15) is 12.8 Å². The van der Waals surface area contributed by atoms with Crippen molar-refractivity contribution in [3.05, 3.63) is 41.7 Å². The maximum absolute atomic E-state index is 10.6. The van der Waals surface area contributed by atoms with Crippen molar-refractivity contribution >= 4 is 28.2 Å². The minimum atomic E-state index is 0.280. The second-order valence-corrected chi connectivity index (χ2v) is 8.57. The van der Waals surface area contributed by atoms with Gasteiger partial charge < -0.3 is 19.5 Å². The van der Waals surface area contributed by atoms with E-state index in [1.165, 1.54) is 12.8 Å². The standard InChI is InChI=1S/C22H25ClN4O/c1-25-6-8-26(9-7-25)20-5-4-16(12-24-20)17-10-18-14-27(13-15-2-3-15)22(28)21(18)19(23)11-17/h4-5,10-12,14-15,28H,2-3,6-9,13H2,1H3. The summed E-state index contributed by atoms with van der Waals surface area (Å²) in [6.45, 7) is 5.02. The van der Waals surface area contributed by atoms with Crippen molar-refractivity contribution in [2.24, 2.45) is 5.92 Å². The summed E-state index contributed by atoms with van der Waals surface area (Å²) in [5.41, 5.74) is 2.06. The number of aromatic nitrogens is 2. The summed E-state index contributed by atoms with van der Waals surface area (Å²) in [5, 5.41) is 12.9. The van der Waals surface area contributed by atoms with E-state index in [1.807, 2.05) is 23.0 Å². The molecule has 2 fully saturated rings. The second-order valence-electron chi connectivity index (χ2n) is 8.17. The van der Waals surface area contributed by atoms with E-state index in [4.69, 9.17) is 16.6 Å². The van der Waals surface area contributed by atoms with E-state index in [9.17, 15) is 5.11 Å². The topological polar surface area (TPSA) is 44.5 Å². The first-order valence-corrected chi connectivity index (χ1v) is 10.4. The molecule has 0 amide bonds. The molecule has 0 bridgehead atoms. The normalized spacial score (nSPS) is 18.1. The van der Waals surface area contributed by atoms with Gasteiger partial charge in [0.25, 0.3) is 0 Å². The van der Waals surface area contributed by atoms with Gasteiger partial charge in [-0.15, -0.1) is 0 Å². The maximum atomic E-state index is 10.6. The molecule has 1 saturated heterocycles. The summed E-state index contributed by atoms with van der Waals surface area (Å²) in [7, 11) is 2.16. The molecule has 1 saturated carbocycles. The van der Waals surface area contributed by atoms with Gasteiger partial charge in [0, 0.05) is 56.1 Å². The number of hydrogen-bond acceptors (Lipinski definition) is 4. The summed E-state index contributed by atoms with van der Waals surface area (Å²) in [4.78, 5) is 9.36. The highest BCUT2D eigenvalue weighted by atomic mass is 35.5. The lowest BCUT2D eigenvalue weighted by atomic mass is 10.0. The summed E-state index contributed by atoms with van der Waals surface area (Å²) < 4.78 is 1.94. The number of halogens is 1. The average molecular weight is 397 g/mol. The minimum Gasteiger partial charge on any atom is -0.494 e. The lowest BCUT2D eigenvalue weighted by molar-refractivity contribution is 0.312. The van der Waals surface area contributed by atoms with Crippen LogP contribution in [0.3, 0.4) is 0 Å². The first-order chi connectivity index (χ1) is 13.6. The molecule has 0 radical (unpaired) electrons. The Kier molecular flexibility index (Phi) is 4.44. The number of benzene rings is 1. The summed E-state index contributed by atoms with van der Waals surface area (Å²) >= 11 is 6.54. The summed E-state index contributed by atoms with van der Waals surface area (Å²) in [6, 6.07) is 8.22. The predicted molar refractivity (Wildman–Crippen MR) is 114 cm³/mol. The molecule has 1 N–H and O–H groups in total. The molecule has 2 aromatic heterocycles. The Morgan fingerprint density at radius 3 is 2.57 bits per heavy atom. The average Bonchev–Trinajstić information content (AvgIpc) is 3.46. The van der Waals surface area contributed by atoms with Gasteiger partial charge >= 0.3 is 0 Å². The number of fused-ring (bicyclic) bond motifs is 1. The minimum absolute atomic E-state index is 0.280. The van der Waals surface area contributed by atoms with Crippen molar-refractivity contribution in [3.63, 3.8) is 0 Å². The molecule has 1 aliphatic heterocycles. The zero-order valence-electron chi connectivity index (χ0n) is 16.1. The highest BCUT2D eigenvalue weighted by Crippen LogP contribution is 2.39. The number of nitrogens with zero attached hydrogens (tertiary/aromatic N) is 4. The van der Waals surface area contributed by atoms with Crippen molar-refractivity contribution in [3.8, 4) is 17.0 Å². The van der Waals surface area contributed by atoms with Gasteiger partial charge in [0.05, 0.1) is 10.4 Å². The molecule has 0 unspecified atom stereocenters. The van der Waals surface area contributed by atoms with Crippen LogP contribution in [0.2, 0.25) is 5.02 Å². The van der Waals surface area contributed by atoms with Crippen LogP contribution in [-0.2, 0) is 6.54 Å². The van der Waals surface area contributed by atoms with Gasteiger partial charge in [0.2, 0.25) is 5.88 Å². The van der Waals surface area contributed by atoms with Gasteiger partial charge in [-0.1, -0.05) is 11.6 Å². The monoisotopic (exact) mass is 396 g/mol. The Labute approximate surface area is 170 Å². The van der Waals surface area contributed by atoms with Crippen LogP contribution in [-0.4, -0.2) is 52.8 Å². The van der Waals surface area contributed by atoms with Crippen LogP contribution in [0, 0.1) is 5.92 Å². The fourth-order valence-corrected chi connectivity index (χ4v) is 4.31. The number of aromatic hydroxyl groups is 1. The van der Waals surface area contributed by atoms with Crippen LogP contribution in [0.4, 0.5) is 5.82 Å². The molecule has 146 valence electrons. The molecular formula is C22H25ClN4O. The quantitative estimate of drug-likeness (QED) is 0.717. The van der Waals surface area contributed by atoms with Gasteiger partial charge in [-0.2, -0.15) is 0 Å². The zero-order valence-corrected chi connectivity index (χ0v) is 16.9. The van der Waals surface area contributed by atoms with Crippen LogP contribution in [0.5, 0.6) is 5.88 Å². The van der Waals surface area contributed by atoms with E-state index in [0.29, 0.717) is 10.9 Å². The highest BCUT2D eigenvalue weighted by Gasteiger charge is 2.24. The van der Waals surface area contributed by atoms with Crippen molar-refractivity contribution in [2.45, 2.75) is 19.4 Å². The van der Waals surface area contributed by atoms with Crippen LogP contribution >= 0.6 is 11.6 Å². The van der Waals surface area contributed by atoms with E-state index in [-0.39, 0.29) is 5.88 Å². The molecule has 3 heterocycles. The van der Waals surface area contributed by atoms with E-state index in [2.05, 4.69) is 35.0 Å². The molecule has 3 aromatic rings. The SMILES string of the molecule is CN1CCN(c2ccc(-c3cc(Cl)c4c(O)n(CC5CC5)cc4c3)cn2)CC1. The lowest BCUT2D eigenvalue weighted by Crippen LogP contribution is -2.44. The Morgan fingerprint density at radius 1 is 1.11 bits per heavy atom. The van der Waals surface area contributed by atoms with E-state index >= 15 is 0 Å². The third kappa shape index (κ3) is 3.33. The fraction of sp³-hybridized carbons (Fsp3) is 0.409. The van der Waals surface area contributed by atoms with Gasteiger partial charge in [-0.3, -0.25) is 0 Å². The lowest BCUT2D eigenvalue weighted by Gasteiger charge is -2.33. The summed E-state index contributed by atoms with van der Waals surface area (Å²) in [5.74, 6) is 2.00. The second kappa shape index (κ2) is 6.98. The molecule has 5 rings (SSSR count). The Morgan fingerprint density at radius 2 is 1.89 bits per heavy atom.